The number of rotatable bonds is 4. The van der Waals surface area contributed by atoms with E-state index in [-0.39, 0.29) is 0 Å². The van der Waals surface area contributed by atoms with Crippen molar-refractivity contribution in [1.29, 1.82) is 0 Å². The van der Waals surface area contributed by atoms with Crippen LogP contribution in [0.3, 0.4) is 0 Å². The van der Waals surface area contributed by atoms with Crippen LogP contribution in [-0.4, -0.2) is 25.3 Å². The second kappa shape index (κ2) is 6.02. The fraction of sp³-hybridized carbons (Fsp3) is 1.00. The van der Waals surface area contributed by atoms with Crippen LogP contribution < -0.4 is 5.32 Å². The van der Waals surface area contributed by atoms with Crippen molar-refractivity contribution in [2.45, 2.75) is 64.5 Å². The lowest BCUT2D eigenvalue weighted by atomic mass is 9.97. The third-order valence-electron chi connectivity index (χ3n) is 3.99. The molecule has 94 valence electrons. The molecule has 0 spiro atoms. The van der Waals surface area contributed by atoms with Gasteiger partial charge >= 0.3 is 0 Å². The monoisotopic (exact) mass is 225 g/mol. The number of morpholine rings is 1. The van der Waals surface area contributed by atoms with Gasteiger partial charge in [-0.1, -0.05) is 39.5 Å². The molecule has 1 saturated heterocycles. The lowest BCUT2D eigenvalue weighted by molar-refractivity contribution is -0.0121. The Labute approximate surface area is 100 Å². The van der Waals surface area contributed by atoms with Gasteiger partial charge in [-0.25, -0.2) is 0 Å². The van der Waals surface area contributed by atoms with Gasteiger partial charge in [0.25, 0.3) is 0 Å². The number of hydrogen-bond acceptors (Lipinski definition) is 2. The molecule has 1 aliphatic carbocycles. The maximum atomic E-state index is 5.99. The van der Waals surface area contributed by atoms with E-state index in [2.05, 4.69) is 19.2 Å². The van der Waals surface area contributed by atoms with Crippen LogP contribution in [0.25, 0.3) is 0 Å². The van der Waals surface area contributed by atoms with Crippen LogP contribution >= 0.6 is 0 Å². The highest BCUT2D eigenvalue weighted by molar-refractivity contribution is 4.80. The Balaban J connectivity index is 1.64. The van der Waals surface area contributed by atoms with Crippen LogP contribution in [0.2, 0.25) is 0 Å². The summed E-state index contributed by atoms with van der Waals surface area (Å²) in [6.45, 7) is 6.57. The van der Waals surface area contributed by atoms with Crippen molar-refractivity contribution in [3.8, 4) is 0 Å². The van der Waals surface area contributed by atoms with Crippen LogP contribution in [0, 0.1) is 11.8 Å². The van der Waals surface area contributed by atoms with Crippen molar-refractivity contribution >= 4 is 0 Å². The number of hydrogen-bond donors (Lipinski definition) is 1. The van der Waals surface area contributed by atoms with Gasteiger partial charge < -0.3 is 10.1 Å². The van der Waals surface area contributed by atoms with Crippen molar-refractivity contribution in [3.05, 3.63) is 0 Å². The lowest BCUT2D eigenvalue weighted by Crippen LogP contribution is -2.47. The van der Waals surface area contributed by atoms with E-state index < -0.39 is 0 Å². The first-order valence-corrected chi connectivity index (χ1v) is 7.09. The molecule has 2 unspecified atom stereocenters. The van der Waals surface area contributed by atoms with E-state index in [1.54, 1.807) is 0 Å². The standard InChI is InChI=1S/C14H27NO/c1-11(2)7-13-10-16-14(9-15-13)8-12-5-3-4-6-12/h11-15H,3-10H2,1-2H3. The van der Waals surface area contributed by atoms with Crippen molar-refractivity contribution in [1.82, 2.24) is 5.32 Å². The molecule has 0 aromatic rings. The lowest BCUT2D eigenvalue weighted by Gasteiger charge is -2.32. The molecule has 1 heterocycles. The first kappa shape index (κ1) is 12.4. The van der Waals surface area contributed by atoms with Gasteiger partial charge in [0, 0.05) is 12.6 Å². The molecule has 2 aliphatic rings. The molecule has 16 heavy (non-hydrogen) atoms. The molecule has 2 nitrogen and oxygen atoms in total. The Kier molecular flexibility index (Phi) is 4.66. The first-order chi connectivity index (χ1) is 7.74. The predicted octanol–water partition coefficient (Wildman–Crippen LogP) is 2.97. The van der Waals surface area contributed by atoms with Crippen molar-refractivity contribution in [3.63, 3.8) is 0 Å². The van der Waals surface area contributed by atoms with Gasteiger partial charge in [-0.3, -0.25) is 0 Å². The molecule has 0 amide bonds. The van der Waals surface area contributed by atoms with Crippen LogP contribution in [0.4, 0.5) is 0 Å². The quantitative estimate of drug-likeness (QED) is 0.794. The summed E-state index contributed by atoms with van der Waals surface area (Å²) < 4.78 is 5.99. The molecule has 0 bridgehead atoms. The summed E-state index contributed by atoms with van der Waals surface area (Å²) in [7, 11) is 0. The summed E-state index contributed by atoms with van der Waals surface area (Å²) in [5.74, 6) is 1.72. The number of nitrogens with one attached hydrogen (secondary N) is 1. The minimum absolute atomic E-state index is 0.492. The molecule has 0 radical (unpaired) electrons. The first-order valence-electron chi connectivity index (χ1n) is 7.09. The fourth-order valence-corrected chi connectivity index (χ4v) is 3.16. The normalized spacial score (nSPS) is 32.4. The molecular weight excluding hydrogens is 198 g/mol. The molecule has 2 fully saturated rings. The smallest absolute Gasteiger partial charge is 0.0703 e. The Morgan fingerprint density at radius 2 is 2.00 bits per heavy atom. The zero-order valence-electron chi connectivity index (χ0n) is 10.9. The topological polar surface area (TPSA) is 21.3 Å². The SMILES string of the molecule is CC(C)CC1COC(CC2CCCC2)CN1. The Bertz CT molecular complexity index is 191. The summed E-state index contributed by atoms with van der Waals surface area (Å²) in [4.78, 5) is 0. The fourth-order valence-electron chi connectivity index (χ4n) is 3.16. The maximum absolute atomic E-state index is 5.99. The second-order valence-electron chi connectivity index (χ2n) is 6.08. The third kappa shape index (κ3) is 3.74. The van der Waals surface area contributed by atoms with Crippen molar-refractivity contribution < 1.29 is 4.74 Å². The summed E-state index contributed by atoms with van der Waals surface area (Å²) in [6, 6.07) is 0.597. The molecule has 2 heteroatoms. The molecule has 1 aliphatic heterocycles. The van der Waals surface area contributed by atoms with Gasteiger partial charge in [0.1, 0.15) is 0 Å². The number of ether oxygens (including phenoxy) is 1. The summed E-state index contributed by atoms with van der Waals surface area (Å²) >= 11 is 0. The average Bonchev–Trinajstić information content (AvgIpc) is 2.73. The minimum Gasteiger partial charge on any atom is -0.375 e. The summed E-state index contributed by atoms with van der Waals surface area (Å²) in [5.41, 5.74) is 0. The molecule has 2 rings (SSSR count). The van der Waals surface area contributed by atoms with Crippen molar-refractivity contribution in [2.24, 2.45) is 11.8 Å². The zero-order valence-corrected chi connectivity index (χ0v) is 10.9. The third-order valence-corrected chi connectivity index (χ3v) is 3.99. The summed E-state index contributed by atoms with van der Waals surface area (Å²) in [5, 5.41) is 3.65. The average molecular weight is 225 g/mol. The Morgan fingerprint density at radius 1 is 1.25 bits per heavy atom. The Hall–Kier alpha value is -0.0800. The highest BCUT2D eigenvalue weighted by Crippen LogP contribution is 2.29. The molecule has 0 aromatic heterocycles. The van der Waals surface area contributed by atoms with E-state index in [0.717, 1.165) is 25.0 Å². The van der Waals surface area contributed by atoms with Crippen LogP contribution in [-0.2, 0) is 4.74 Å². The van der Waals surface area contributed by atoms with Gasteiger partial charge in [-0.05, 0) is 24.7 Å². The highest BCUT2D eigenvalue weighted by atomic mass is 16.5. The zero-order chi connectivity index (χ0) is 11.4. The van der Waals surface area contributed by atoms with Gasteiger partial charge in [0.2, 0.25) is 0 Å². The van der Waals surface area contributed by atoms with E-state index in [1.165, 1.54) is 38.5 Å². The van der Waals surface area contributed by atoms with E-state index in [0.29, 0.717) is 12.1 Å². The Morgan fingerprint density at radius 3 is 2.56 bits per heavy atom. The predicted molar refractivity (Wildman–Crippen MR) is 67.6 cm³/mol. The van der Waals surface area contributed by atoms with Crippen LogP contribution in [0.5, 0.6) is 0 Å². The molecule has 2 atom stereocenters. The van der Waals surface area contributed by atoms with E-state index >= 15 is 0 Å². The van der Waals surface area contributed by atoms with Gasteiger partial charge in [-0.2, -0.15) is 0 Å². The van der Waals surface area contributed by atoms with E-state index in [4.69, 9.17) is 4.74 Å². The highest BCUT2D eigenvalue weighted by Gasteiger charge is 2.25. The van der Waals surface area contributed by atoms with E-state index in [1.807, 2.05) is 0 Å². The molecule has 0 aromatic carbocycles. The van der Waals surface area contributed by atoms with Gasteiger partial charge in [-0.15, -0.1) is 0 Å². The second-order valence-corrected chi connectivity index (χ2v) is 6.08. The van der Waals surface area contributed by atoms with E-state index in [9.17, 15) is 0 Å². The van der Waals surface area contributed by atoms with Crippen LogP contribution in [0.15, 0.2) is 0 Å². The summed E-state index contributed by atoms with van der Waals surface area (Å²) in [6.07, 6.45) is 8.80. The van der Waals surface area contributed by atoms with Crippen molar-refractivity contribution in [2.75, 3.05) is 13.2 Å². The van der Waals surface area contributed by atoms with Crippen LogP contribution in [0.1, 0.15) is 52.4 Å². The molecule has 1 N–H and O–H groups in total. The maximum Gasteiger partial charge on any atom is 0.0703 e. The minimum atomic E-state index is 0.492. The van der Waals surface area contributed by atoms with Gasteiger partial charge in [0.15, 0.2) is 0 Å². The largest absolute Gasteiger partial charge is 0.375 e. The molecule has 1 saturated carbocycles. The van der Waals surface area contributed by atoms with Gasteiger partial charge in [0.05, 0.1) is 12.7 Å². The molecular formula is C14H27NO.